The Morgan fingerprint density at radius 3 is 3.16 bits per heavy atom. The highest BCUT2D eigenvalue weighted by Crippen LogP contribution is 2.31. The van der Waals surface area contributed by atoms with Gasteiger partial charge in [-0.2, -0.15) is 0 Å². The zero-order valence-electron chi connectivity index (χ0n) is 11.0. The Hall–Kier alpha value is -0.780. The van der Waals surface area contributed by atoms with E-state index in [4.69, 9.17) is 4.74 Å². The van der Waals surface area contributed by atoms with E-state index < -0.39 is 0 Å². The average Bonchev–Trinajstić information content (AvgIpc) is 2.45. The predicted octanol–water partition coefficient (Wildman–Crippen LogP) is 2.06. The smallest absolute Gasteiger partial charge is 0.0620 e. The maximum atomic E-state index is 5.51. The van der Waals surface area contributed by atoms with Crippen LogP contribution in [0.3, 0.4) is 0 Å². The van der Waals surface area contributed by atoms with Crippen molar-refractivity contribution in [1.29, 1.82) is 0 Å². The largest absolute Gasteiger partial charge is 0.382 e. The third kappa shape index (κ3) is 3.22. The van der Waals surface area contributed by atoms with Gasteiger partial charge in [-0.1, -0.05) is 15.9 Å². The molecule has 4 nitrogen and oxygen atoms in total. The molecule has 19 heavy (non-hydrogen) atoms. The van der Waals surface area contributed by atoms with Crippen molar-refractivity contribution in [2.24, 2.45) is 0 Å². The van der Waals surface area contributed by atoms with Crippen LogP contribution in [0.1, 0.15) is 6.42 Å². The molecule has 0 aromatic heterocycles. The maximum absolute atomic E-state index is 5.51. The zero-order valence-corrected chi connectivity index (χ0v) is 12.6. The van der Waals surface area contributed by atoms with Crippen LogP contribution in [0, 0.1) is 0 Å². The van der Waals surface area contributed by atoms with Gasteiger partial charge in [0.2, 0.25) is 0 Å². The van der Waals surface area contributed by atoms with Crippen molar-refractivity contribution in [3.63, 3.8) is 0 Å². The summed E-state index contributed by atoms with van der Waals surface area (Å²) in [5, 5.41) is 6.98. The highest BCUT2D eigenvalue weighted by molar-refractivity contribution is 9.10. The SMILES string of the molecule is Brc1ccc2c(c1)NCCN2CCC1COCCN1. The van der Waals surface area contributed by atoms with E-state index in [0.29, 0.717) is 6.04 Å². The van der Waals surface area contributed by atoms with Gasteiger partial charge in [0.15, 0.2) is 0 Å². The lowest BCUT2D eigenvalue weighted by atomic mass is 10.1. The molecule has 0 amide bonds. The average molecular weight is 326 g/mol. The van der Waals surface area contributed by atoms with Crippen LogP contribution < -0.4 is 15.5 Å². The number of nitrogens with one attached hydrogen (secondary N) is 2. The first-order valence-corrected chi connectivity index (χ1v) is 7.72. The zero-order chi connectivity index (χ0) is 13.1. The van der Waals surface area contributed by atoms with Gasteiger partial charge in [-0.3, -0.25) is 0 Å². The number of hydrogen-bond acceptors (Lipinski definition) is 4. The summed E-state index contributed by atoms with van der Waals surface area (Å²) in [5.74, 6) is 0. The van der Waals surface area contributed by atoms with Crippen LogP contribution in [0.15, 0.2) is 22.7 Å². The minimum atomic E-state index is 0.502. The Kier molecular flexibility index (Phi) is 4.25. The number of halogens is 1. The highest BCUT2D eigenvalue weighted by atomic mass is 79.9. The molecule has 2 aliphatic rings. The standard InChI is InChI=1S/C14H20BrN3O/c15-11-1-2-14-13(9-11)17-4-7-18(14)6-3-12-10-19-8-5-16-12/h1-2,9,12,16-17H,3-8,10H2. The quantitative estimate of drug-likeness (QED) is 0.892. The summed E-state index contributed by atoms with van der Waals surface area (Å²) in [4.78, 5) is 2.47. The number of morpholine rings is 1. The van der Waals surface area contributed by atoms with Crippen molar-refractivity contribution in [2.45, 2.75) is 12.5 Å². The molecular weight excluding hydrogens is 306 g/mol. The first-order chi connectivity index (χ1) is 9.33. The van der Waals surface area contributed by atoms with Gasteiger partial charge in [0, 0.05) is 36.7 Å². The molecule has 0 radical (unpaired) electrons. The Morgan fingerprint density at radius 1 is 1.37 bits per heavy atom. The van der Waals surface area contributed by atoms with Crippen molar-refractivity contribution in [2.75, 3.05) is 49.6 Å². The number of ether oxygens (including phenoxy) is 1. The Labute approximate surface area is 122 Å². The lowest BCUT2D eigenvalue weighted by Gasteiger charge is -2.34. The Balaban J connectivity index is 1.63. The first kappa shape index (κ1) is 13.2. The lowest BCUT2D eigenvalue weighted by molar-refractivity contribution is 0.0748. The van der Waals surface area contributed by atoms with Crippen LogP contribution in [0.4, 0.5) is 11.4 Å². The van der Waals surface area contributed by atoms with E-state index in [9.17, 15) is 0 Å². The molecule has 2 heterocycles. The van der Waals surface area contributed by atoms with Gasteiger partial charge >= 0.3 is 0 Å². The Morgan fingerprint density at radius 2 is 2.32 bits per heavy atom. The molecule has 1 aromatic rings. The topological polar surface area (TPSA) is 36.5 Å². The van der Waals surface area contributed by atoms with Crippen LogP contribution in [-0.2, 0) is 4.74 Å². The van der Waals surface area contributed by atoms with Gasteiger partial charge in [-0.15, -0.1) is 0 Å². The summed E-state index contributed by atoms with van der Waals surface area (Å²) in [6, 6.07) is 6.96. The van der Waals surface area contributed by atoms with Gasteiger partial charge < -0.3 is 20.3 Å². The predicted molar refractivity (Wildman–Crippen MR) is 82.1 cm³/mol. The van der Waals surface area contributed by atoms with E-state index in [1.807, 2.05) is 0 Å². The van der Waals surface area contributed by atoms with Crippen LogP contribution in [-0.4, -0.2) is 45.4 Å². The molecule has 1 saturated heterocycles. The van der Waals surface area contributed by atoms with E-state index in [2.05, 4.69) is 49.7 Å². The molecule has 1 unspecified atom stereocenters. The molecule has 0 aliphatic carbocycles. The first-order valence-electron chi connectivity index (χ1n) is 6.92. The van der Waals surface area contributed by atoms with Gasteiger partial charge in [-0.05, 0) is 24.6 Å². The van der Waals surface area contributed by atoms with E-state index in [-0.39, 0.29) is 0 Å². The van der Waals surface area contributed by atoms with Gasteiger partial charge in [-0.25, -0.2) is 0 Å². The summed E-state index contributed by atoms with van der Waals surface area (Å²) in [6.45, 7) is 5.84. The van der Waals surface area contributed by atoms with Crippen LogP contribution >= 0.6 is 15.9 Å². The Bertz CT molecular complexity index is 435. The monoisotopic (exact) mass is 325 g/mol. The second-order valence-corrected chi connectivity index (χ2v) is 6.01. The summed E-state index contributed by atoms with van der Waals surface area (Å²) in [5.41, 5.74) is 2.54. The van der Waals surface area contributed by atoms with E-state index in [1.54, 1.807) is 0 Å². The summed E-state index contributed by atoms with van der Waals surface area (Å²) < 4.78 is 6.64. The van der Waals surface area contributed by atoms with Crippen molar-refractivity contribution in [3.05, 3.63) is 22.7 Å². The summed E-state index contributed by atoms with van der Waals surface area (Å²) in [7, 11) is 0. The van der Waals surface area contributed by atoms with Crippen molar-refractivity contribution in [1.82, 2.24) is 5.32 Å². The van der Waals surface area contributed by atoms with Crippen LogP contribution in [0.25, 0.3) is 0 Å². The molecule has 2 N–H and O–H groups in total. The molecule has 1 atom stereocenters. The second-order valence-electron chi connectivity index (χ2n) is 5.09. The molecule has 5 heteroatoms. The molecule has 0 bridgehead atoms. The lowest BCUT2D eigenvalue weighted by Crippen LogP contribution is -2.44. The minimum Gasteiger partial charge on any atom is -0.382 e. The number of anilines is 2. The van der Waals surface area contributed by atoms with Gasteiger partial charge in [0.25, 0.3) is 0 Å². The van der Waals surface area contributed by atoms with Gasteiger partial charge in [0.05, 0.1) is 24.6 Å². The number of rotatable bonds is 3. The number of nitrogens with zero attached hydrogens (tertiary/aromatic N) is 1. The molecular formula is C14H20BrN3O. The van der Waals surface area contributed by atoms with Crippen molar-refractivity contribution < 1.29 is 4.74 Å². The van der Waals surface area contributed by atoms with Crippen LogP contribution in [0.2, 0.25) is 0 Å². The number of hydrogen-bond donors (Lipinski definition) is 2. The normalized spacial score (nSPS) is 22.8. The van der Waals surface area contributed by atoms with Crippen molar-refractivity contribution >= 4 is 27.3 Å². The summed E-state index contributed by atoms with van der Waals surface area (Å²) in [6.07, 6.45) is 1.13. The fourth-order valence-electron chi connectivity index (χ4n) is 2.72. The molecule has 104 valence electrons. The second kappa shape index (κ2) is 6.11. The highest BCUT2D eigenvalue weighted by Gasteiger charge is 2.19. The molecule has 2 aliphatic heterocycles. The third-order valence-corrected chi connectivity index (χ3v) is 4.24. The minimum absolute atomic E-state index is 0.502. The molecule has 1 fully saturated rings. The maximum Gasteiger partial charge on any atom is 0.0620 e. The molecule has 1 aromatic carbocycles. The summed E-state index contributed by atoms with van der Waals surface area (Å²) >= 11 is 3.53. The molecule has 0 saturated carbocycles. The molecule has 3 rings (SSSR count). The fraction of sp³-hybridized carbons (Fsp3) is 0.571. The van der Waals surface area contributed by atoms with E-state index in [0.717, 1.165) is 50.3 Å². The number of benzene rings is 1. The fourth-order valence-corrected chi connectivity index (χ4v) is 3.08. The third-order valence-electron chi connectivity index (χ3n) is 3.74. The van der Waals surface area contributed by atoms with E-state index in [1.165, 1.54) is 11.4 Å². The molecule has 0 spiro atoms. The van der Waals surface area contributed by atoms with Crippen LogP contribution in [0.5, 0.6) is 0 Å². The van der Waals surface area contributed by atoms with E-state index >= 15 is 0 Å². The van der Waals surface area contributed by atoms with Crippen molar-refractivity contribution in [3.8, 4) is 0 Å². The van der Waals surface area contributed by atoms with Gasteiger partial charge in [0.1, 0.15) is 0 Å². The number of fused-ring (bicyclic) bond motifs is 1.